The van der Waals surface area contributed by atoms with Crippen LogP contribution in [0.1, 0.15) is 36.2 Å². The highest BCUT2D eigenvalue weighted by Crippen LogP contribution is 2.20. The van der Waals surface area contributed by atoms with Crippen molar-refractivity contribution >= 4 is 11.3 Å². The van der Waals surface area contributed by atoms with Gasteiger partial charge in [-0.3, -0.25) is 0 Å². The van der Waals surface area contributed by atoms with Gasteiger partial charge in [-0.2, -0.15) is 0 Å². The van der Waals surface area contributed by atoms with Crippen LogP contribution in [0.5, 0.6) is 0 Å². The van der Waals surface area contributed by atoms with Crippen molar-refractivity contribution in [2.24, 2.45) is 5.73 Å². The van der Waals surface area contributed by atoms with Gasteiger partial charge in [0, 0.05) is 11.1 Å². The van der Waals surface area contributed by atoms with Crippen LogP contribution in [0.15, 0.2) is 6.20 Å². The summed E-state index contributed by atoms with van der Waals surface area (Å²) in [4.78, 5) is 5.57. The molecule has 0 fully saturated rings. The third kappa shape index (κ3) is 2.01. The van der Waals surface area contributed by atoms with E-state index >= 15 is 0 Å². The molecule has 0 saturated carbocycles. The minimum Gasteiger partial charge on any atom is -0.322 e. The van der Waals surface area contributed by atoms with E-state index in [1.807, 2.05) is 6.20 Å². The van der Waals surface area contributed by atoms with Crippen LogP contribution in [0.3, 0.4) is 0 Å². The van der Waals surface area contributed by atoms with Crippen LogP contribution in [0.25, 0.3) is 0 Å². The first-order valence-corrected chi connectivity index (χ1v) is 4.79. The number of aromatic nitrogens is 1. The number of aryl methyl sites for hydroxylation is 1. The number of hydrogen-bond donors (Lipinski definition) is 1. The van der Waals surface area contributed by atoms with Crippen molar-refractivity contribution < 1.29 is 0 Å². The van der Waals surface area contributed by atoms with Crippen LogP contribution < -0.4 is 5.73 Å². The lowest BCUT2D eigenvalue weighted by molar-refractivity contribution is 0.692. The molecule has 11 heavy (non-hydrogen) atoms. The van der Waals surface area contributed by atoms with E-state index in [-0.39, 0.29) is 6.04 Å². The lowest BCUT2D eigenvalue weighted by Crippen LogP contribution is -2.07. The second kappa shape index (κ2) is 3.83. The van der Waals surface area contributed by atoms with Gasteiger partial charge < -0.3 is 5.73 Å². The Morgan fingerprint density at radius 2 is 2.36 bits per heavy atom. The molecule has 1 aromatic heterocycles. The van der Waals surface area contributed by atoms with Crippen LogP contribution in [0, 0.1) is 0 Å². The van der Waals surface area contributed by atoms with Crippen molar-refractivity contribution in [3.63, 3.8) is 0 Å². The van der Waals surface area contributed by atoms with Gasteiger partial charge >= 0.3 is 0 Å². The van der Waals surface area contributed by atoms with Crippen LogP contribution in [-0.2, 0) is 6.42 Å². The fourth-order valence-electron chi connectivity index (χ4n) is 0.832. The number of hydrogen-bond acceptors (Lipinski definition) is 3. The SMILES string of the molecule is CCc1cnc(C(N)CC)s1. The monoisotopic (exact) mass is 170 g/mol. The molecule has 1 aromatic rings. The minimum atomic E-state index is 0.139. The molecule has 1 rings (SSSR count). The molecule has 1 heterocycles. The fourth-order valence-corrected chi connectivity index (χ4v) is 1.77. The summed E-state index contributed by atoms with van der Waals surface area (Å²) in [7, 11) is 0. The van der Waals surface area contributed by atoms with Crippen molar-refractivity contribution in [2.45, 2.75) is 32.7 Å². The first kappa shape index (κ1) is 8.68. The topological polar surface area (TPSA) is 38.9 Å². The summed E-state index contributed by atoms with van der Waals surface area (Å²) in [6, 6.07) is 0.139. The first-order valence-electron chi connectivity index (χ1n) is 3.98. The highest BCUT2D eigenvalue weighted by Gasteiger charge is 2.06. The fraction of sp³-hybridized carbons (Fsp3) is 0.625. The smallest absolute Gasteiger partial charge is 0.110 e. The van der Waals surface area contributed by atoms with Gasteiger partial charge in [-0.15, -0.1) is 11.3 Å². The Balaban J connectivity index is 2.71. The molecule has 1 unspecified atom stereocenters. The van der Waals surface area contributed by atoms with E-state index in [1.54, 1.807) is 11.3 Å². The molecule has 0 saturated heterocycles. The van der Waals surface area contributed by atoms with Gasteiger partial charge in [0.1, 0.15) is 5.01 Å². The molecule has 0 aliphatic carbocycles. The van der Waals surface area contributed by atoms with Crippen molar-refractivity contribution in [1.82, 2.24) is 4.98 Å². The third-order valence-electron chi connectivity index (χ3n) is 1.68. The van der Waals surface area contributed by atoms with Gasteiger partial charge in [0.05, 0.1) is 6.04 Å². The Bertz CT molecular complexity index is 220. The molecule has 0 radical (unpaired) electrons. The average Bonchev–Trinajstić information content (AvgIpc) is 2.50. The lowest BCUT2D eigenvalue weighted by atomic mass is 10.3. The predicted molar refractivity (Wildman–Crippen MR) is 48.7 cm³/mol. The predicted octanol–water partition coefficient (Wildman–Crippen LogP) is 2.12. The summed E-state index contributed by atoms with van der Waals surface area (Å²) in [5, 5.41) is 1.07. The van der Waals surface area contributed by atoms with E-state index in [1.165, 1.54) is 4.88 Å². The van der Waals surface area contributed by atoms with Gasteiger partial charge in [0.2, 0.25) is 0 Å². The van der Waals surface area contributed by atoms with Crippen LogP contribution in [-0.4, -0.2) is 4.98 Å². The number of nitrogens with two attached hydrogens (primary N) is 1. The summed E-state index contributed by atoms with van der Waals surface area (Å²) in [5.41, 5.74) is 5.81. The van der Waals surface area contributed by atoms with Gasteiger partial charge in [0.25, 0.3) is 0 Å². The Hall–Kier alpha value is -0.410. The van der Waals surface area contributed by atoms with E-state index < -0.39 is 0 Å². The standard InChI is InChI=1S/C8H14N2S/c1-3-6-5-10-8(11-6)7(9)4-2/h5,7H,3-4,9H2,1-2H3. The zero-order chi connectivity index (χ0) is 8.27. The van der Waals surface area contributed by atoms with Crippen molar-refractivity contribution in [3.8, 4) is 0 Å². The van der Waals surface area contributed by atoms with E-state index in [9.17, 15) is 0 Å². The first-order chi connectivity index (χ1) is 5.27. The molecular formula is C8H14N2S. The normalized spacial score (nSPS) is 13.4. The molecule has 62 valence electrons. The maximum absolute atomic E-state index is 5.81. The van der Waals surface area contributed by atoms with E-state index in [2.05, 4.69) is 18.8 Å². The molecule has 1 atom stereocenters. The Labute approximate surface area is 71.5 Å². The number of rotatable bonds is 3. The van der Waals surface area contributed by atoms with E-state index in [0.717, 1.165) is 17.8 Å². The van der Waals surface area contributed by atoms with Crippen molar-refractivity contribution in [2.75, 3.05) is 0 Å². The quantitative estimate of drug-likeness (QED) is 0.754. The maximum atomic E-state index is 5.81. The highest BCUT2D eigenvalue weighted by atomic mass is 32.1. The summed E-state index contributed by atoms with van der Waals surface area (Å²) < 4.78 is 0. The number of thiazole rings is 1. The largest absolute Gasteiger partial charge is 0.322 e. The Morgan fingerprint density at radius 3 is 2.82 bits per heavy atom. The highest BCUT2D eigenvalue weighted by molar-refractivity contribution is 7.11. The maximum Gasteiger partial charge on any atom is 0.110 e. The lowest BCUT2D eigenvalue weighted by Gasteiger charge is -2.01. The van der Waals surface area contributed by atoms with Crippen LogP contribution >= 0.6 is 11.3 Å². The van der Waals surface area contributed by atoms with Gasteiger partial charge in [-0.05, 0) is 12.8 Å². The molecule has 0 bridgehead atoms. The summed E-state index contributed by atoms with van der Waals surface area (Å²) in [6.07, 6.45) is 3.96. The number of nitrogens with zero attached hydrogens (tertiary/aromatic N) is 1. The molecule has 0 aliphatic heterocycles. The van der Waals surface area contributed by atoms with Crippen molar-refractivity contribution in [1.29, 1.82) is 0 Å². The second-order valence-electron chi connectivity index (χ2n) is 2.53. The molecule has 2 nitrogen and oxygen atoms in total. The van der Waals surface area contributed by atoms with Crippen LogP contribution in [0.2, 0.25) is 0 Å². The molecule has 3 heteroatoms. The zero-order valence-electron chi connectivity index (χ0n) is 7.00. The molecule has 0 amide bonds. The Kier molecular flexibility index (Phi) is 3.02. The molecule has 0 aliphatic rings. The van der Waals surface area contributed by atoms with E-state index in [0.29, 0.717) is 0 Å². The Morgan fingerprint density at radius 1 is 1.64 bits per heavy atom. The average molecular weight is 170 g/mol. The molecular weight excluding hydrogens is 156 g/mol. The van der Waals surface area contributed by atoms with Gasteiger partial charge in [-0.1, -0.05) is 13.8 Å². The van der Waals surface area contributed by atoms with Crippen LogP contribution in [0.4, 0.5) is 0 Å². The molecule has 0 aromatic carbocycles. The summed E-state index contributed by atoms with van der Waals surface area (Å²) in [6.45, 7) is 4.21. The van der Waals surface area contributed by atoms with Gasteiger partial charge in [0.15, 0.2) is 0 Å². The van der Waals surface area contributed by atoms with Crippen molar-refractivity contribution in [3.05, 3.63) is 16.1 Å². The summed E-state index contributed by atoms with van der Waals surface area (Å²) >= 11 is 1.73. The molecule has 2 N–H and O–H groups in total. The minimum absolute atomic E-state index is 0.139. The summed E-state index contributed by atoms with van der Waals surface area (Å²) in [5.74, 6) is 0. The third-order valence-corrected chi connectivity index (χ3v) is 2.95. The van der Waals surface area contributed by atoms with E-state index in [4.69, 9.17) is 5.73 Å². The second-order valence-corrected chi connectivity index (χ2v) is 3.68. The zero-order valence-corrected chi connectivity index (χ0v) is 7.82. The molecule has 0 spiro atoms. The van der Waals surface area contributed by atoms with Gasteiger partial charge in [-0.25, -0.2) is 4.98 Å².